The molecule has 18 heavy (non-hydrogen) atoms. The predicted octanol–water partition coefficient (Wildman–Crippen LogP) is 3.48. The summed E-state index contributed by atoms with van der Waals surface area (Å²) in [5, 5.41) is 9.99. The first-order chi connectivity index (χ1) is 8.36. The van der Waals surface area contributed by atoms with Gasteiger partial charge in [-0.2, -0.15) is 0 Å². The fourth-order valence-corrected chi connectivity index (χ4v) is 1.50. The van der Waals surface area contributed by atoms with Gasteiger partial charge in [0.15, 0.2) is 0 Å². The van der Waals surface area contributed by atoms with Crippen LogP contribution in [0.1, 0.15) is 31.1 Å². The van der Waals surface area contributed by atoms with E-state index < -0.39 is 12.0 Å². The molecule has 0 aromatic heterocycles. The lowest BCUT2D eigenvalue weighted by Crippen LogP contribution is -2.07. The van der Waals surface area contributed by atoms with Gasteiger partial charge < -0.3 is 5.11 Å². The molecule has 98 valence electrons. The Morgan fingerprint density at radius 3 is 2.33 bits per heavy atom. The Morgan fingerprint density at radius 1 is 1.33 bits per heavy atom. The number of nitrogens with zero attached hydrogens (tertiary/aromatic N) is 1. The van der Waals surface area contributed by atoms with Crippen LogP contribution >= 0.6 is 0 Å². The molecule has 1 N–H and O–H groups in total. The van der Waals surface area contributed by atoms with Crippen molar-refractivity contribution in [3.63, 3.8) is 0 Å². The molecular weight excluding hydrogens is 236 g/mol. The summed E-state index contributed by atoms with van der Waals surface area (Å²) in [6, 6.07) is 5.69. The molecule has 1 unspecified atom stereocenters. The first kappa shape index (κ1) is 14.5. The third-order valence-electron chi connectivity index (χ3n) is 2.65. The number of hydrogen-bond acceptors (Lipinski definition) is 2. The summed E-state index contributed by atoms with van der Waals surface area (Å²) in [4.78, 5) is 3.79. The number of benzene rings is 1. The highest BCUT2D eigenvalue weighted by atomic mass is 19.3. The highest BCUT2D eigenvalue weighted by Crippen LogP contribution is 2.29. The summed E-state index contributed by atoms with van der Waals surface area (Å²) in [5.41, 5.74) is 1.23. The van der Waals surface area contributed by atoms with Crippen LogP contribution in [0.2, 0.25) is 0 Å². The van der Waals surface area contributed by atoms with Crippen LogP contribution in [0, 0.1) is 0 Å². The molecule has 0 saturated carbocycles. The number of hydrogen-bond donors (Lipinski definition) is 1. The van der Waals surface area contributed by atoms with E-state index in [9.17, 15) is 13.9 Å². The van der Waals surface area contributed by atoms with E-state index in [-0.39, 0.29) is 5.56 Å². The zero-order valence-electron chi connectivity index (χ0n) is 10.7. The van der Waals surface area contributed by atoms with Crippen molar-refractivity contribution >= 4 is 6.21 Å². The van der Waals surface area contributed by atoms with Crippen molar-refractivity contribution in [3.05, 3.63) is 47.0 Å². The number of alkyl halides is 2. The van der Waals surface area contributed by atoms with Crippen LogP contribution in [0.5, 0.6) is 0 Å². The first-order valence-electron chi connectivity index (χ1n) is 5.61. The van der Waals surface area contributed by atoms with E-state index in [0.717, 1.165) is 6.92 Å². The number of aliphatic hydroxyl groups is 1. The van der Waals surface area contributed by atoms with Crippen LogP contribution in [0.4, 0.5) is 8.78 Å². The molecule has 1 aromatic rings. The average molecular weight is 253 g/mol. The van der Waals surface area contributed by atoms with Crippen LogP contribution < -0.4 is 0 Å². The van der Waals surface area contributed by atoms with Crippen molar-refractivity contribution in [2.24, 2.45) is 4.99 Å². The van der Waals surface area contributed by atoms with Gasteiger partial charge in [0.1, 0.15) is 6.10 Å². The van der Waals surface area contributed by atoms with Gasteiger partial charge in [0.2, 0.25) is 0 Å². The van der Waals surface area contributed by atoms with Crippen molar-refractivity contribution in [2.75, 3.05) is 7.05 Å². The average Bonchev–Trinajstić information content (AvgIpc) is 2.34. The topological polar surface area (TPSA) is 32.6 Å². The van der Waals surface area contributed by atoms with E-state index in [1.165, 1.54) is 24.3 Å². The minimum absolute atomic E-state index is 0.0600. The predicted molar refractivity (Wildman–Crippen MR) is 69.1 cm³/mol. The summed E-state index contributed by atoms with van der Waals surface area (Å²) in [6.07, 6.45) is 2.46. The molecule has 0 bridgehead atoms. The molecular formula is C14H17F2NO. The summed E-state index contributed by atoms with van der Waals surface area (Å²) in [7, 11) is 1.63. The van der Waals surface area contributed by atoms with E-state index in [1.54, 1.807) is 26.3 Å². The zero-order chi connectivity index (χ0) is 13.8. The molecule has 0 amide bonds. The maximum atomic E-state index is 13.0. The molecule has 4 heteroatoms. The number of halogens is 2. The standard InChI is InChI=1S/C14H17F2NO/c1-10(8-9-17-3)13(18)11-4-6-12(7-5-11)14(2,15)16/h4-9,13,18H,1-3H3/b10-8+,17-9?. The van der Waals surface area contributed by atoms with Crippen LogP contribution in [-0.4, -0.2) is 18.4 Å². The Labute approximate surface area is 106 Å². The molecule has 0 spiro atoms. The van der Waals surface area contributed by atoms with Crippen LogP contribution in [0.3, 0.4) is 0 Å². The maximum Gasteiger partial charge on any atom is 0.270 e. The van der Waals surface area contributed by atoms with Crippen molar-refractivity contribution in [2.45, 2.75) is 25.9 Å². The second kappa shape index (κ2) is 5.87. The van der Waals surface area contributed by atoms with E-state index in [0.29, 0.717) is 11.1 Å². The lowest BCUT2D eigenvalue weighted by molar-refractivity contribution is 0.0174. The SMILES string of the molecule is CN=C/C=C(\C)C(O)c1ccc(C(C)(F)F)cc1. The molecule has 0 aliphatic carbocycles. The van der Waals surface area contributed by atoms with Gasteiger partial charge in [-0.05, 0) is 24.1 Å². The van der Waals surface area contributed by atoms with Gasteiger partial charge in [0.05, 0.1) is 0 Å². The maximum absolute atomic E-state index is 13.0. The second-order valence-electron chi connectivity index (χ2n) is 4.23. The molecule has 0 fully saturated rings. The van der Waals surface area contributed by atoms with Gasteiger partial charge in [-0.1, -0.05) is 24.3 Å². The molecule has 1 rings (SSSR count). The molecule has 0 heterocycles. The molecule has 0 radical (unpaired) electrons. The molecule has 1 atom stereocenters. The highest BCUT2D eigenvalue weighted by Gasteiger charge is 2.24. The Kier molecular flexibility index (Phi) is 4.73. The smallest absolute Gasteiger partial charge is 0.270 e. The molecule has 0 aliphatic heterocycles. The molecule has 0 saturated heterocycles. The largest absolute Gasteiger partial charge is 0.384 e. The molecule has 2 nitrogen and oxygen atoms in total. The lowest BCUT2D eigenvalue weighted by Gasteiger charge is -2.14. The Morgan fingerprint density at radius 2 is 1.89 bits per heavy atom. The van der Waals surface area contributed by atoms with Crippen molar-refractivity contribution in [3.8, 4) is 0 Å². The molecule has 0 aliphatic rings. The highest BCUT2D eigenvalue weighted by molar-refractivity contribution is 5.72. The quantitative estimate of drug-likeness (QED) is 0.819. The van der Waals surface area contributed by atoms with E-state index in [2.05, 4.69) is 4.99 Å². The number of rotatable bonds is 4. The Hall–Kier alpha value is -1.55. The van der Waals surface area contributed by atoms with Gasteiger partial charge in [-0.15, -0.1) is 0 Å². The number of aliphatic imine (C=N–C) groups is 1. The van der Waals surface area contributed by atoms with Gasteiger partial charge in [-0.3, -0.25) is 4.99 Å². The van der Waals surface area contributed by atoms with E-state index in [4.69, 9.17) is 0 Å². The monoisotopic (exact) mass is 253 g/mol. The van der Waals surface area contributed by atoms with E-state index in [1.807, 2.05) is 0 Å². The van der Waals surface area contributed by atoms with Crippen LogP contribution in [0.25, 0.3) is 0 Å². The summed E-state index contributed by atoms with van der Waals surface area (Å²) >= 11 is 0. The van der Waals surface area contributed by atoms with Crippen molar-refractivity contribution in [1.82, 2.24) is 0 Å². The fourth-order valence-electron chi connectivity index (χ4n) is 1.50. The summed E-state index contributed by atoms with van der Waals surface area (Å²) in [5.74, 6) is -2.86. The van der Waals surface area contributed by atoms with Crippen molar-refractivity contribution < 1.29 is 13.9 Å². The molecule has 1 aromatic carbocycles. The second-order valence-corrected chi connectivity index (χ2v) is 4.23. The van der Waals surface area contributed by atoms with E-state index >= 15 is 0 Å². The first-order valence-corrected chi connectivity index (χ1v) is 5.61. The normalized spacial score (nSPS) is 15.1. The summed E-state index contributed by atoms with van der Waals surface area (Å²) in [6.45, 7) is 2.61. The Bertz CT molecular complexity index is 444. The lowest BCUT2D eigenvalue weighted by atomic mass is 10.00. The fraction of sp³-hybridized carbons (Fsp3) is 0.357. The number of allylic oxidation sites excluding steroid dienone is 1. The third kappa shape index (κ3) is 3.74. The minimum atomic E-state index is -2.86. The van der Waals surface area contributed by atoms with Gasteiger partial charge in [0.25, 0.3) is 5.92 Å². The third-order valence-corrected chi connectivity index (χ3v) is 2.65. The number of aliphatic hydroxyl groups excluding tert-OH is 1. The van der Waals surface area contributed by atoms with Crippen molar-refractivity contribution in [1.29, 1.82) is 0 Å². The van der Waals surface area contributed by atoms with Gasteiger partial charge >= 0.3 is 0 Å². The van der Waals surface area contributed by atoms with Crippen LogP contribution in [0.15, 0.2) is 40.9 Å². The summed E-state index contributed by atoms with van der Waals surface area (Å²) < 4.78 is 26.0. The minimum Gasteiger partial charge on any atom is -0.384 e. The Balaban J connectivity index is 2.92. The van der Waals surface area contributed by atoms with Gasteiger partial charge in [-0.25, -0.2) is 8.78 Å². The van der Waals surface area contributed by atoms with Gasteiger partial charge in [0, 0.05) is 25.7 Å². The zero-order valence-corrected chi connectivity index (χ0v) is 10.7. The van der Waals surface area contributed by atoms with Crippen LogP contribution in [-0.2, 0) is 5.92 Å².